The van der Waals surface area contributed by atoms with Crippen molar-refractivity contribution in [1.29, 1.82) is 0 Å². The molecule has 0 aliphatic carbocycles. The molecule has 4 aromatic carbocycles. The standard InChI is InChI=1S/C27H28ClNP2/c28-29-30(24-14-5-1-6-15-24,25-16-7-2-8-17-25)22-13-23-31(29,26-18-9-3-10-19-26)27-20-11-4-12-21-27/h1-12,14-21,30-31H,13,22-23H2. The third kappa shape index (κ3) is 3.45. The van der Waals surface area contributed by atoms with Crippen molar-refractivity contribution < 1.29 is 0 Å². The van der Waals surface area contributed by atoms with E-state index in [0.29, 0.717) is 0 Å². The second-order valence-electron chi connectivity index (χ2n) is 8.32. The molecule has 31 heavy (non-hydrogen) atoms. The minimum absolute atomic E-state index is 1.14. The van der Waals surface area contributed by atoms with Gasteiger partial charge < -0.3 is 0 Å². The number of hydrogen-bond acceptors (Lipinski definition) is 1. The van der Waals surface area contributed by atoms with Crippen LogP contribution in [-0.2, 0) is 0 Å². The van der Waals surface area contributed by atoms with E-state index in [0.717, 1.165) is 12.3 Å². The van der Waals surface area contributed by atoms with Gasteiger partial charge in [0.05, 0.1) is 0 Å². The molecule has 0 saturated carbocycles. The van der Waals surface area contributed by atoms with Gasteiger partial charge in [0.2, 0.25) is 0 Å². The Kier molecular flexibility index (Phi) is 5.96. The van der Waals surface area contributed by atoms with Crippen molar-refractivity contribution in [1.82, 2.24) is 3.96 Å². The predicted molar refractivity (Wildman–Crippen MR) is 143 cm³/mol. The van der Waals surface area contributed by atoms with Gasteiger partial charge in [-0.25, -0.2) is 0 Å². The van der Waals surface area contributed by atoms with Gasteiger partial charge in [0, 0.05) is 0 Å². The van der Waals surface area contributed by atoms with Crippen molar-refractivity contribution in [3.63, 3.8) is 0 Å². The fourth-order valence-electron chi connectivity index (χ4n) is 5.34. The maximum atomic E-state index is 7.76. The summed E-state index contributed by atoms with van der Waals surface area (Å²) in [5.74, 6) is 0. The summed E-state index contributed by atoms with van der Waals surface area (Å²) in [5.41, 5.74) is 0. The normalized spacial score (nSPS) is 19.9. The molecule has 1 aliphatic rings. The topological polar surface area (TPSA) is 3.24 Å². The quantitative estimate of drug-likeness (QED) is 0.286. The minimum atomic E-state index is -2.38. The Balaban J connectivity index is 1.80. The zero-order valence-electron chi connectivity index (χ0n) is 17.5. The van der Waals surface area contributed by atoms with Crippen LogP contribution in [0.4, 0.5) is 0 Å². The van der Waals surface area contributed by atoms with Crippen molar-refractivity contribution in [2.24, 2.45) is 0 Å². The van der Waals surface area contributed by atoms with Gasteiger partial charge in [0.1, 0.15) is 0 Å². The number of nitrogens with zero attached hydrogens (tertiary/aromatic N) is 1. The van der Waals surface area contributed by atoms with Crippen LogP contribution in [0.1, 0.15) is 6.42 Å². The van der Waals surface area contributed by atoms with Crippen molar-refractivity contribution in [3.8, 4) is 0 Å². The summed E-state index contributed by atoms with van der Waals surface area (Å²) < 4.78 is 2.42. The Labute approximate surface area is 191 Å². The zero-order valence-corrected chi connectivity index (χ0v) is 20.2. The molecule has 4 aromatic rings. The summed E-state index contributed by atoms with van der Waals surface area (Å²) >= 11 is 7.76. The summed E-state index contributed by atoms with van der Waals surface area (Å²) in [6, 6.07) is 44.2. The van der Waals surface area contributed by atoms with E-state index in [1.807, 2.05) is 0 Å². The average molecular weight is 464 g/mol. The molecule has 0 spiro atoms. The second-order valence-corrected chi connectivity index (χ2v) is 17.3. The van der Waals surface area contributed by atoms with Crippen LogP contribution in [0.5, 0.6) is 0 Å². The van der Waals surface area contributed by atoms with E-state index >= 15 is 0 Å². The maximum absolute atomic E-state index is 7.76. The van der Waals surface area contributed by atoms with Gasteiger partial charge in [-0.3, -0.25) is 0 Å². The molecular formula is C27H28ClNP2. The van der Waals surface area contributed by atoms with Gasteiger partial charge in [-0.05, 0) is 0 Å². The Bertz CT molecular complexity index is 951. The monoisotopic (exact) mass is 463 g/mol. The number of benzene rings is 4. The molecular weight excluding hydrogens is 436 g/mol. The fourth-order valence-corrected chi connectivity index (χ4v) is 19.7. The van der Waals surface area contributed by atoms with E-state index in [9.17, 15) is 0 Å². The van der Waals surface area contributed by atoms with Gasteiger partial charge in [0.25, 0.3) is 0 Å². The summed E-state index contributed by atoms with van der Waals surface area (Å²) in [5, 5.41) is 5.61. The van der Waals surface area contributed by atoms with Gasteiger partial charge >= 0.3 is 192 Å². The molecule has 0 amide bonds. The Morgan fingerprint density at radius 3 is 0.968 bits per heavy atom. The second kappa shape index (κ2) is 8.85. The fraction of sp³-hybridized carbons (Fsp3) is 0.111. The molecule has 158 valence electrons. The summed E-state index contributed by atoms with van der Waals surface area (Å²) in [4.78, 5) is 0. The number of hydrogen-bond donors (Lipinski definition) is 0. The first-order valence-electron chi connectivity index (χ1n) is 11.0. The molecule has 1 heterocycles. The van der Waals surface area contributed by atoms with Crippen molar-refractivity contribution in [3.05, 3.63) is 121 Å². The van der Waals surface area contributed by atoms with Gasteiger partial charge in [-0.15, -0.1) is 0 Å². The van der Waals surface area contributed by atoms with Gasteiger partial charge in [0.15, 0.2) is 0 Å². The first-order chi connectivity index (χ1) is 15.3. The van der Waals surface area contributed by atoms with Crippen LogP contribution in [0, 0.1) is 0 Å². The van der Waals surface area contributed by atoms with E-state index in [2.05, 4.69) is 125 Å². The average Bonchev–Trinajstić information content (AvgIpc) is 2.87. The van der Waals surface area contributed by atoms with Crippen LogP contribution >= 0.6 is 26.6 Å². The van der Waals surface area contributed by atoms with Crippen LogP contribution in [0.2, 0.25) is 0 Å². The van der Waals surface area contributed by atoms with E-state index in [1.54, 1.807) is 0 Å². The molecule has 0 aromatic heterocycles. The van der Waals surface area contributed by atoms with Crippen LogP contribution in [0.15, 0.2) is 121 Å². The van der Waals surface area contributed by atoms with Crippen molar-refractivity contribution >= 4 is 47.8 Å². The number of halogens is 1. The van der Waals surface area contributed by atoms with E-state index in [1.165, 1.54) is 27.6 Å². The van der Waals surface area contributed by atoms with Crippen molar-refractivity contribution in [2.75, 3.05) is 12.3 Å². The van der Waals surface area contributed by atoms with Crippen LogP contribution < -0.4 is 21.2 Å². The molecule has 0 bridgehead atoms. The molecule has 1 nitrogen and oxygen atoms in total. The first-order valence-corrected chi connectivity index (χ1v) is 15.6. The predicted octanol–water partition coefficient (Wildman–Crippen LogP) is 5.48. The zero-order chi connectivity index (χ0) is 21.2. The van der Waals surface area contributed by atoms with E-state index in [-0.39, 0.29) is 0 Å². The Morgan fingerprint density at radius 2 is 0.710 bits per heavy atom. The van der Waals surface area contributed by atoms with Gasteiger partial charge in [-0.2, -0.15) is 0 Å². The van der Waals surface area contributed by atoms with Crippen LogP contribution in [-0.4, -0.2) is 16.3 Å². The number of rotatable bonds is 4. The van der Waals surface area contributed by atoms with E-state index < -0.39 is 14.8 Å². The molecule has 0 N–H and O–H groups in total. The summed E-state index contributed by atoms with van der Waals surface area (Å²) in [6.07, 6.45) is 3.47. The van der Waals surface area contributed by atoms with Gasteiger partial charge in [-0.1, -0.05) is 0 Å². The first kappa shape index (κ1) is 20.9. The Morgan fingerprint density at radius 1 is 0.452 bits per heavy atom. The molecule has 0 unspecified atom stereocenters. The summed E-state index contributed by atoms with van der Waals surface area (Å²) in [7, 11) is -4.76. The molecule has 0 radical (unpaired) electrons. The van der Waals surface area contributed by atoms with E-state index in [4.69, 9.17) is 11.8 Å². The molecule has 4 heteroatoms. The third-order valence-electron chi connectivity index (χ3n) is 6.75. The SMILES string of the molecule is ClN1[PH](c2ccccc2)(c2ccccc2)CCC[PH]1(c1ccccc1)c1ccccc1. The molecule has 1 fully saturated rings. The molecule has 1 saturated heterocycles. The molecule has 5 rings (SSSR count). The summed E-state index contributed by atoms with van der Waals surface area (Å²) in [6.45, 7) is 0. The molecule has 1 aliphatic heterocycles. The van der Waals surface area contributed by atoms with Crippen LogP contribution in [0.3, 0.4) is 0 Å². The Hall–Kier alpha value is -2.01. The molecule has 0 atom stereocenters. The third-order valence-corrected chi connectivity index (χ3v) is 19.4. The van der Waals surface area contributed by atoms with Crippen molar-refractivity contribution in [2.45, 2.75) is 6.42 Å². The van der Waals surface area contributed by atoms with Crippen LogP contribution in [0.25, 0.3) is 0 Å².